The quantitative estimate of drug-likeness (QED) is 0.127. The molecule has 4 aromatic carbocycles. The first-order valence-corrected chi connectivity index (χ1v) is 21.1. The molecule has 62 heavy (non-hydrogen) atoms. The first-order valence-electron chi connectivity index (χ1n) is 21.1. The van der Waals surface area contributed by atoms with Gasteiger partial charge in [-0.05, 0) is 116 Å². The van der Waals surface area contributed by atoms with Gasteiger partial charge in [-0.1, -0.05) is 132 Å². The average Bonchev–Trinajstić information content (AvgIpc) is 4.12. The molecule has 5 heterocycles. The molecule has 2 aliphatic rings. The zero-order valence-electron chi connectivity index (χ0n) is 35.6. The maximum absolute atomic E-state index is 5.51. The van der Waals surface area contributed by atoms with Gasteiger partial charge in [0.1, 0.15) is 0 Å². The minimum Gasteiger partial charge on any atom is -0.354 e. The van der Waals surface area contributed by atoms with Crippen molar-refractivity contribution >= 4 is 46.4 Å². The molecule has 0 fully saturated rings. The molecule has 7 aromatic rings. The fourth-order valence-corrected chi connectivity index (χ4v) is 9.00. The molecule has 0 saturated heterocycles. The zero-order chi connectivity index (χ0) is 42.1. The van der Waals surface area contributed by atoms with Crippen molar-refractivity contribution in [2.24, 2.45) is 0 Å². The number of fused-ring (bicyclic) bond motifs is 8. The van der Waals surface area contributed by atoms with E-state index in [2.05, 4.69) is 196 Å². The maximum atomic E-state index is 5.51. The number of aryl methyl sites for hydroxylation is 3. The molecule has 1 radical (unpaired) electrons. The fourth-order valence-electron chi connectivity index (χ4n) is 9.00. The van der Waals surface area contributed by atoms with Crippen LogP contribution in [0.4, 0.5) is 0 Å². The van der Waals surface area contributed by atoms with Gasteiger partial charge in [0.15, 0.2) is 0 Å². The summed E-state index contributed by atoms with van der Waals surface area (Å²) in [5.41, 5.74) is 20.6. The van der Waals surface area contributed by atoms with Gasteiger partial charge >= 0.3 is 0 Å². The van der Waals surface area contributed by atoms with Crippen LogP contribution < -0.4 is 0 Å². The van der Waals surface area contributed by atoms with Gasteiger partial charge in [0.2, 0.25) is 0 Å². The molecule has 9 rings (SSSR count). The second kappa shape index (κ2) is 17.7. The Morgan fingerprint density at radius 2 is 0.661 bits per heavy atom. The van der Waals surface area contributed by atoms with E-state index < -0.39 is 0 Å². The standard InChI is InChI=1S/C57H50N4.Co/c1-7-34-57(35-8-2,36-9-3)44-24-22-43(23-25-44)56-51-32-30-49(60-51)54(41-18-12-38(5)13-19-41)47-28-26-45(58-47)53(40-16-10-37(4)11-17-40)46-27-29-48(59-46)55(50-31-33-52(56)61-50)42-20-14-39(6)15-21-42;/h7-33,58,61H,1-3,34-36H2,4-6H3;. The van der Waals surface area contributed by atoms with E-state index in [-0.39, 0.29) is 22.2 Å². The van der Waals surface area contributed by atoms with E-state index in [1.165, 1.54) is 22.3 Å². The number of nitrogens with zero attached hydrogens (tertiary/aromatic N) is 2. The molecule has 0 spiro atoms. The second-order valence-corrected chi connectivity index (χ2v) is 16.4. The number of hydrogen-bond donors (Lipinski definition) is 2. The molecule has 2 aliphatic heterocycles. The molecule has 8 bridgehead atoms. The van der Waals surface area contributed by atoms with Crippen molar-refractivity contribution in [3.8, 4) is 44.5 Å². The third kappa shape index (κ3) is 7.93. The summed E-state index contributed by atoms with van der Waals surface area (Å²) in [6.07, 6.45) is 17.1. The number of hydrogen-bond acceptors (Lipinski definition) is 2. The summed E-state index contributed by atoms with van der Waals surface area (Å²) in [6, 6.07) is 43.9. The van der Waals surface area contributed by atoms with Gasteiger partial charge in [-0.15, -0.1) is 19.7 Å². The van der Waals surface area contributed by atoms with Crippen LogP contribution in [0, 0.1) is 20.8 Å². The largest absolute Gasteiger partial charge is 0.354 e. The molecular formula is C57H50CoN4. The van der Waals surface area contributed by atoms with E-state index in [0.717, 1.165) is 109 Å². The summed E-state index contributed by atoms with van der Waals surface area (Å²) in [6.45, 7) is 18.7. The second-order valence-electron chi connectivity index (χ2n) is 16.4. The third-order valence-electron chi connectivity index (χ3n) is 12.2. The summed E-state index contributed by atoms with van der Waals surface area (Å²) in [7, 11) is 0. The van der Waals surface area contributed by atoms with Crippen LogP contribution in [0.25, 0.3) is 90.9 Å². The minimum absolute atomic E-state index is 0. The normalized spacial score (nSPS) is 11.9. The number of rotatable bonds is 11. The van der Waals surface area contributed by atoms with E-state index in [9.17, 15) is 0 Å². The van der Waals surface area contributed by atoms with Gasteiger partial charge in [0.05, 0.1) is 22.8 Å². The van der Waals surface area contributed by atoms with Crippen molar-refractivity contribution in [3.63, 3.8) is 0 Å². The molecule has 0 aliphatic carbocycles. The van der Waals surface area contributed by atoms with Crippen molar-refractivity contribution in [3.05, 3.63) is 204 Å². The minimum atomic E-state index is -0.160. The van der Waals surface area contributed by atoms with Gasteiger partial charge in [-0.2, -0.15) is 0 Å². The van der Waals surface area contributed by atoms with Crippen LogP contribution in [0.1, 0.15) is 64.3 Å². The monoisotopic (exact) mass is 849 g/mol. The average molecular weight is 850 g/mol. The van der Waals surface area contributed by atoms with Crippen molar-refractivity contribution in [1.82, 2.24) is 19.9 Å². The van der Waals surface area contributed by atoms with E-state index in [0.29, 0.717) is 0 Å². The summed E-state index contributed by atoms with van der Waals surface area (Å²) < 4.78 is 0. The van der Waals surface area contributed by atoms with Gasteiger partial charge in [0.25, 0.3) is 0 Å². The van der Waals surface area contributed by atoms with Crippen molar-refractivity contribution in [2.75, 3.05) is 0 Å². The molecule has 307 valence electrons. The van der Waals surface area contributed by atoms with E-state index in [1.807, 2.05) is 18.2 Å². The predicted molar refractivity (Wildman–Crippen MR) is 261 cm³/mol. The molecule has 3 aromatic heterocycles. The molecular weight excluding hydrogens is 800 g/mol. The number of aromatic nitrogens is 4. The van der Waals surface area contributed by atoms with Gasteiger partial charge in [-0.3, -0.25) is 0 Å². The topological polar surface area (TPSA) is 57.4 Å². The Bertz CT molecular complexity index is 2980. The van der Waals surface area contributed by atoms with Crippen LogP contribution in [-0.4, -0.2) is 19.9 Å². The van der Waals surface area contributed by atoms with Crippen molar-refractivity contribution in [1.29, 1.82) is 0 Å². The maximum Gasteiger partial charge on any atom is 0.0737 e. The molecule has 4 nitrogen and oxygen atoms in total. The smallest absolute Gasteiger partial charge is 0.0737 e. The van der Waals surface area contributed by atoms with Crippen molar-refractivity contribution < 1.29 is 16.8 Å². The number of benzene rings is 4. The van der Waals surface area contributed by atoms with E-state index in [1.54, 1.807) is 0 Å². The first kappa shape index (κ1) is 41.9. The fraction of sp³-hybridized carbons (Fsp3) is 0.123. The molecule has 0 atom stereocenters. The van der Waals surface area contributed by atoms with Gasteiger partial charge in [-0.25, -0.2) is 9.97 Å². The molecule has 5 heteroatoms. The van der Waals surface area contributed by atoms with Gasteiger partial charge in [0, 0.05) is 66.5 Å². The SMILES string of the molecule is C=CCC(CC=C)(CC=C)c1ccc(-c2c3nc(c(-c4ccc(C)cc4)c4ccc([nH]4)c(-c4ccc(C)cc4)c4nc(c(-c5ccc(C)cc5)c5ccc2[nH]5)C=C4)C=C3)cc1.[Co]. The Labute approximate surface area is 375 Å². The summed E-state index contributed by atoms with van der Waals surface area (Å²) in [5, 5.41) is 0. The molecule has 0 unspecified atom stereocenters. The van der Waals surface area contributed by atoms with E-state index >= 15 is 0 Å². The van der Waals surface area contributed by atoms with Crippen molar-refractivity contribution in [2.45, 2.75) is 45.4 Å². The summed E-state index contributed by atoms with van der Waals surface area (Å²) in [5.74, 6) is 0. The van der Waals surface area contributed by atoms with Crippen LogP contribution in [0.5, 0.6) is 0 Å². The van der Waals surface area contributed by atoms with Crippen LogP contribution >= 0.6 is 0 Å². The predicted octanol–water partition coefficient (Wildman–Crippen LogP) is 15.2. The Kier molecular flexibility index (Phi) is 11.9. The van der Waals surface area contributed by atoms with Crippen LogP contribution in [0.15, 0.2) is 159 Å². The summed E-state index contributed by atoms with van der Waals surface area (Å²) in [4.78, 5) is 18.7. The molecule has 2 N–H and O–H groups in total. The summed E-state index contributed by atoms with van der Waals surface area (Å²) >= 11 is 0. The third-order valence-corrected chi connectivity index (χ3v) is 12.2. The van der Waals surface area contributed by atoms with Crippen LogP contribution in [-0.2, 0) is 22.2 Å². The van der Waals surface area contributed by atoms with Crippen LogP contribution in [0.3, 0.4) is 0 Å². The van der Waals surface area contributed by atoms with Crippen LogP contribution in [0.2, 0.25) is 0 Å². The number of allylic oxidation sites excluding steroid dienone is 3. The molecule has 0 amide bonds. The number of nitrogens with one attached hydrogen (secondary N) is 2. The Morgan fingerprint density at radius 3 is 0.919 bits per heavy atom. The Morgan fingerprint density at radius 1 is 0.403 bits per heavy atom. The zero-order valence-corrected chi connectivity index (χ0v) is 36.6. The Hall–Kier alpha value is -6.79. The molecule has 0 saturated carbocycles. The first-order chi connectivity index (χ1) is 29.8. The van der Waals surface area contributed by atoms with Gasteiger partial charge < -0.3 is 9.97 Å². The Balaban J connectivity index is 0.00000529. The number of H-pyrrole nitrogens is 2. The number of aromatic amines is 2. The van der Waals surface area contributed by atoms with E-state index in [4.69, 9.17) is 9.97 Å².